The van der Waals surface area contributed by atoms with Crippen LogP contribution in [0, 0.1) is 11.7 Å². The van der Waals surface area contributed by atoms with E-state index in [1.807, 2.05) is 32.6 Å². The van der Waals surface area contributed by atoms with Gasteiger partial charge in [0.05, 0.1) is 29.2 Å². The first kappa shape index (κ1) is 22.9. The van der Waals surface area contributed by atoms with Crippen molar-refractivity contribution in [1.82, 2.24) is 19.9 Å². The van der Waals surface area contributed by atoms with Crippen molar-refractivity contribution in [3.8, 4) is 0 Å². The Morgan fingerprint density at radius 3 is 2.73 bits per heavy atom. The van der Waals surface area contributed by atoms with Crippen LogP contribution in [0.4, 0.5) is 15.0 Å². The number of nitrogens with zero attached hydrogens (tertiary/aromatic N) is 5. The first-order valence-corrected chi connectivity index (χ1v) is 12.9. The first-order chi connectivity index (χ1) is 15.6. The quantitative estimate of drug-likeness (QED) is 0.328. The summed E-state index contributed by atoms with van der Waals surface area (Å²) in [5.41, 5.74) is 0.407. The fraction of sp³-hybridized carbons (Fsp3) is 0.652. The van der Waals surface area contributed by atoms with E-state index < -0.39 is 11.4 Å². The molecule has 7 nitrogen and oxygen atoms in total. The summed E-state index contributed by atoms with van der Waals surface area (Å²) in [6, 6.07) is 0.0349. The summed E-state index contributed by atoms with van der Waals surface area (Å²) < 4.78 is 20.9. The minimum absolute atomic E-state index is 0.00414. The second kappa shape index (κ2) is 8.12. The highest BCUT2D eigenvalue weighted by Crippen LogP contribution is 2.45. The van der Waals surface area contributed by atoms with Crippen LogP contribution in [0.2, 0.25) is 5.15 Å². The van der Waals surface area contributed by atoms with E-state index in [0.717, 1.165) is 24.3 Å². The number of hydrogen-bond donors (Lipinski definition) is 0. The maximum atomic E-state index is 15.1. The van der Waals surface area contributed by atoms with E-state index in [-0.39, 0.29) is 40.8 Å². The summed E-state index contributed by atoms with van der Waals surface area (Å²) in [6.45, 7) is 10.5. The van der Waals surface area contributed by atoms with Gasteiger partial charge in [0.25, 0.3) is 0 Å². The molecule has 2 fully saturated rings. The standard InChI is InChI=1S/C23H29ClFN5O2S/c1-6-33-21-27-17-15-13(26-19(24)16(17)25)9-11(2)18-14-8-7-12(10-29(18)20(15)28-21)30(14)22(31)32-23(3,4)5/h11-12,14,18H,6-10H2,1-5H3/t11-,12+,14-,18-/m0/s1. The smallest absolute Gasteiger partial charge is 0.410 e. The maximum Gasteiger partial charge on any atom is 0.410 e. The third-order valence-electron chi connectivity index (χ3n) is 6.74. The summed E-state index contributed by atoms with van der Waals surface area (Å²) in [5, 5.41) is 1.03. The minimum Gasteiger partial charge on any atom is -0.444 e. The van der Waals surface area contributed by atoms with Gasteiger partial charge in [0.2, 0.25) is 0 Å². The number of aromatic nitrogens is 3. The topological polar surface area (TPSA) is 71.5 Å². The van der Waals surface area contributed by atoms with Crippen molar-refractivity contribution in [2.75, 3.05) is 17.2 Å². The highest BCUT2D eigenvalue weighted by Gasteiger charge is 2.52. The lowest BCUT2D eigenvalue weighted by Gasteiger charge is -2.49. The number of hydrogen-bond acceptors (Lipinski definition) is 7. The fourth-order valence-corrected chi connectivity index (χ4v) is 6.40. The number of ether oxygens (including phenoxy) is 1. The van der Waals surface area contributed by atoms with E-state index in [9.17, 15) is 4.79 Å². The lowest BCUT2D eigenvalue weighted by Crippen LogP contribution is -2.63. The molecule has 2 bridgehead atoms. The lowest BCUT2D eigenvalue weighted by atomic mass is 9.88. The van der Waals surface area contributed by atoms with Gasteiger partial charge in [0.15, 0.2) is 16.1 Å². The van der Waals surface area contributed by atoms with Gasteiger partial charge in [-0.1, -0.05) is 37.2 Å². The van der Waals surface area contributed by atoms with Crippen LogP contribution in [0.1, 0.15) is 53.2 Å². The molecule has 33 heavy (non-hydrogen) atoms. The molecule has 0 saturated carbocycles. The number of amides is 1. The van der Waals surface area contributed by atoms with E-state index >= 15 is 4.39 Å². The molecule has 0 aliphatic carbocycles. The van der Waals surface area contributed by atoms with Crippen LogP contribution in [0.5, 0.6) is 0 Å². The van der Waals surface area contributed by atoms with Crippen molar-refractivity contribution in [3.05, 3.63) is 16.7 Å². The molecule has 0 aromatic carbocycles. The number of rotatable bonds is 2. The van der Waals surface area contributed by atoms with E-state index in [0.29, 0.717) is 29.3 Å². The molecule has 5 rings (SSSR count). The van der Waals surface area contributed by atoms with Crippen LogP contribution in [0.3, 0.4) is 0 Å². The minimum atomic E-state index is -0.599. The molecular formula is C23H29ClFN5O2S. The second-order valence-corrected chi connectivity index (χ2v) is 11.7. The Labute approximate surface area is 202 Å². The van der Waals surface area contributed by atoms with Crippen molar-refractivity contribution in [2.24, 2.45) is 5.92 Å². The summed E-state index contributed by atoms with van der Waals surface area (Å²) in [4.78, 5) is 31.2. The third kappa shape index (κ3) is 3.81. The van der Waals surface area contributed by atoms with Gasteiger partial charge in [-0.25, -0.2) is 24.1 Å². The number of piperazine rings is 1. The molecule has 0 N–H and O–H groups in total. The van der Waals surface area contributed by atoms with Crippen LogP contribution in [0.15, 0.2) is 5.16 Å². The molecular weight excluding hydrogens is 465 g/mol. The third-order valence-corrected chi connectivity index (χ3v) is 7.72. The Hall–Kier alpha value is -1.87. The zero-order valence-corrected chi connectivity index (χ0v) is 21.1. The number of halogens is 2. The second-order valence-electron chi connectivity index (χ2n) is 10.2. The number of carbonyl (C=O) groups excluding carboxylic acids is 1. The molecule has 2 saturated heterocycles. The Morgan fingerprint density at radius 1 is 1.27 bits per heavy atom. The van der Waals surface area contributed by atoms with Crippen molar-refractivity contribution >= 4 is 46.2 Å². The number of anilines is 1. The molecule has 1 amide bonds. The molecule has 0 unspecified atom stereocenters. The number of thioether (sulfide) groups is 1. The average molecular weight is 494 g/mol. The van der Waals surface area contributed by atoms with Gasteiger partial charge < -0.3 is 9.64 Å². The number of pyridine rings is 1. The van der Waals surface area contributed by atoms with Gasteiger partial charge >= 0.3 is 6.09 Å². The molecule has 0 radical (unpaired) electrons. The van der Waals surface area contributed by atoms with Crippen LogP contribution in [-0.4, -0.2) is 62.0 Å². The van der Waals surface area contributed by atoms with Gasteiger partial charge in [0.1, 0.15) is 16.9 Å². The van der Waals surface area contributed by atoms with Gasteiger partial charge in [-0.05, 0) is 51.7 Å². The Morgan fingerprint density at radius 2 is 2.03 bits per heavy atom. The predicted molar refractivity (Wildman–Crippen MR) is 128 cm³/mol. The fourth-order valence-electron chi connectivity index (χ4n) is 5.65. The highest BCUT2D eigenvalue weighted by molar-refractivity contribution is 7.99. The molecule has 4 atom stereocenters. The Kier molecular flexibility index (Phi) is 5.63. The summed E-state index contributed by atoms with van der Waals surface area (Å²) in [7, 11) is 0. The first-order valence-electron chi connectivity index (χ1n) is 11.6. The number of fused-ring (bicyclic) bond motifs is 5. The summed E-state index contributed by atoms with van der Waals surface area (Å²) in [6.07, 6.45) is 2.16. The highest BCUT2D eigenvalue weighted by atomic mass is 35.5. The van der Waals surface area contributed by atoms with Crippen LogP contribution in [-0.2, 0) is 11.2 Å². The average Bonchev–Trinajstić information content (AvgIpc) is 2.97. The van der Waals surface area contributed by atoms with Gasteiger partial charge in [-0.15, -0.1) is 0 Å². The molecule has 2 aromatic rings. The van der Waals surface area contributed by atoms with Crippen molar-refractivity contribution < 1.29 is 13.9 Å². The molecule has 10 heteroatoms. The largest absolute Gasteiger partial charge is 0.444 e. The summed E-state index contributed by atoms with van der Waals surface area (Å²) in [5.74, 6) is 1.03. The maximum absolute atomic E-state index is 15.1. The molecule has 3 aliphatic heterocycles. The zero-order chi connectivity index (χ0) is 23.7. The van der Waals surface area contributed by atoms with Crippen molar-refractivity contribution in [3.63, 3.8) is 0 Å². The normalized spacial score (nSPS) is 26.4. The van der Waals surface area contributed by atoms with Crippen molar-refractivity contribution in [1.29, 1.82) is 0 Å². The van der Waals surface area contributed by atoms with Gasteiger partial charge in [-0.3, -0.25) is 4.90 Å². The van der Waals surface area contributed by atoms with Gasteiger partial charge in [-0.2, -0.15) is 0 Å². The molecule has 0 spiro atoms. The van der Waals surface area contributed by atoms with E-state index in [4.69, 9.17) is 21.3 Å². The zero-order valence-electron chi connectivity index (χ0n) is 19.6. The Balaban J connectivity index is 1.64. The molecule has 178 valence electrons. The van der Waals surface area contributed by atoms with E-state index in [1.54, 1.807) is 0 Å². The molecule has 3 aliphatic rings. The SMILES string of the molecule is CCSc1nc2c3c(nc(Cl)c(F)c3n1)C[C@H](C)[C@H]1[C@@H]3CC[C@H](CN21)N3C(=O)OC(C)(C)C. The van der Waals surface area contributed by atoms with Crippen LogP contribution < -0.4 is 4.90 Å². The monoisotopic (exact) mass is 493 g/mol. The molecule has 5 heterocycles. The van der Waals surface area contributed by atoms with E-state index in [1.165, 1.54) is 11.8 Å². The summed E-state index contributed by atoms with van der Waals surface area (Å²) >= 11 is 7.66. The van der Waals surface area contributed by atoms with Crippen LogP contribution in [0.25, 0.3) is 10.9 Å². The van der Waals surface area contributed by atoms with E-state index in [2.05, 4.69) is 21.8 Å². The predicted octanol–water partition coefficient (Wildman–Crippen LogP) is 5.08. The number of carbonyl (C=O) groups is 1. The van der Waals surface area contributed by atoms with Gasteiger partial charge in [0, 0.05) is 6.54 Å². The molecule has 2 aromatic heterocycles. The van der Waals surface area contributed by atoms with Crippen molar-refractivity contribution in [2.45, 2.75) is 82.8 Å². The lowest BCUT2D eigenvalue weighted by molar-refractivity contribution is 0.00491. The van der Waals surface area contributed by atoms with Crippen LogP contribution >= 0.6 is 23.4 Å². The Bertz CT molecular complexity index is 1130.